The van der Waals surface area contributed by atoms with Crippen molar-refractivity contribution in [3.05, 3.63) is 200 Å². The van der Waals surface area contributed by atoms with Crippen molar-refractivity contribution >= 4 is 94.9 Å². The molecule has 15 rings (SSSR count). The van der Waals surface area contributed by atoms with E-state index in [1.54, 1.807) is 158 Å². The Bertz CT molecular complexity index is 5700. The van der Waals surface area contributed by atoms with E-state index in [1.807, 2.05) is 70.3 Å². The predicted molar refractivity (Wildman–Crippen MR) is 493 cm³/mol. The maximum Gasteiger partial charge on any atom is 1.00 e. The van der Waals surface area contributed by atoms with E-state index in [9.17, 15) is 44.4 Å². The van der Waals surface area contributed by atoms with Crippen LogP contribution >= 0.6 is 0 Å². The van der Waals surface area contributed by atoms with Gasteiger partial charge in [0.25, 0.3) is 30.1 Å². The number of methoxy groups -OCH3 is 3. The van der Waals surface area contributed by atoms with Crippen molar-refractivity contribution in [2.45, 2.75) is 182 Å². The molecule has 1 N–H and O–H groups in total. The number of Topliss-reactive ketones (excluding diaryl/α,β-unsaturated/α-hetero) is 1. The number of pyridine rings is 3. The summed E-state index contributed by atoms with van der Waals surface area (Å²) < 4.78 is 109. The molecule has 0 bridgehead atoms. The van der Waals surface area contributed by atoms with Crippen molar-refractivity contribution in [1.29, 1.82) is 0 Å². The number of benzene rings is 3. The molecule has 0 unspecified atom stereocenters. The van der Waals surface area contributed by atoms with Crippen LogP contribution in [0.4, 0.5) is 0 Å². The Hall–Kier alpha value is -9.89. The fourth-order valence-electron chi connectivity index (χ4n) is 16.4. The van der Waals surface area contributed by atoms with E-state index < -0.39 is 48.0 Å². The summed E-state index contributed by atoms with van der Waals surface area (Å²) in [5, 5.41) is 18.6. The summed E-state index contributed by atoms with van der Waals surface area (Å²) in [6, 6.07) is 32.9. The van der Waals surface area contributed by atoms with Crippen LogP contribution in [0.25, 0.3) is 66.5 Å². The quantitative estimate of drug-likeness (QED) is 0.0197. The van der Waals surface area contributed by atoms with Crippen molar-refractivity contribution in [3.8, 4) is 33.4 Å². The number of carbonyl (C=O) groups excluding carboxylic acids is 4. The second kappa shape index (κ2) is 49.9. The molecule has 3 aliphatic rings. The van der Waals surface area contributed by atoms with E-state index in [-0.39, 0.29) is 50.2 Å². The molecule has 0 saturated heterocycles. The van der Waals surface area contributed by atoms with Crippen LogP contribution in [0, 0.1) is 0 Å². The molecule has 9 heterocycles. The largest absolute Gasteiger partial charge is 1.00 e. The van der Waals surface area contributed by atoms with Crippen LogP contribution < -0.4 is 34.9 Å². The topological polar surface area (TPSA) is 352 Å². The zero-order chi connectivity index (χ0) is 92.1. The van der Waals surface area contributed by atoms with Gasteiger partial charge in [0.15, 0.2) is 16.9 Å². The third-order valence-electron chi connectivity index (χ3n) is 22.8. The molecule has 31 nitrogen and oxygen atoms in total. The van der Waals surface area contributed by atoms with Crippen molar-refractivity contribution in [2.24, 2.45) is 21.1 Å². The number of ether oxygens (including phenoxy) is 3. The summed E-state index contributed by atoms with van der Waals surface area (Å²) in [6.07, 6.45) is 36.7. The van der Waals surface area contributed by atoms with Gasteiger partial charge in [0.2, 0.25) is 5.97 Å². The first-order chi connectivity index (χ1) is 61.6. The summed E-state index contributed by atoms with van der Waals surface area (Å²) in [7, 11) is 3.70. The Labute approximate surface area is 780 Å². The normalized spacial score (nSPS) is 15.9. The van der Waals surface area contributed by atoms with Gasteiger partial charge in [0.05, 0.1) is 53.1 Å². The Morgan fingerprint density at radius 2 is 0.736 bits per heavy atom. The van der Waals surface area contributed by atoms with Crippen molar-refractivity contribution < 1.29 is 103 Å². The van der Waals surface area contributed by atoms with Crippen LogP contribution in [0.5, 0.6) is 0 Å². The molecule has 0 atom stereocenters. The predicted octanol–water partition coefficient (Wildman–Crippen LogP) is 11.3. The third-order valence-corrected chi connectivity index (χ3v) is 27.8. The van der Waals surface area contributed by atoms with Crippen molar-refractivity contribution in [3.63, 3.8) is 0 Å². The van der Waals surface area contributed by atoms with Crippen LogP contribution in [-0.2, 0) is 99.0 Å². The second-order valence-electron chi connectivity index (χ2n) is 32.0. The first-order valence-corrected chi connectivity index (χ1v) is 47.7. The minimum absolute atomic E-state index is 0. The summed E-state index contributed by atoms with van der Waals surface area (Å²) in [5.74, 6) is -0.368. The zero-order valence-corrected chi connectivity index (χ0v) is 80.7. The maximum absolute atomic E-state index is 13.6. The molecule has 3 fully saturated rings. The van der Waals surface area contributed by atoms with Gasteiger partial charge in [-0.05, 0) is 192 Å². The minimum Gasteiger partial charge on any atom is -0.793 e. The van der Waals surface area contributed by atoms with Gasteiger partial charge < -0.3 is 32.2 Å². The summed E-state index contributed by atoms with van der Waals surface area (Å²) in [6.45, 7) is 18.7. The van der Waals surface area contributed by atoms with Gasteiger partial charge in [0.1, 0.15) is 5.78 Å². The SMILES string of the molecule is CC(=O)OOC(C)=O.CCCN(CCOC)C1CCC(c2cnc3c(c2)c(-c2cnn(C)c2)cn3S(=O)(=O)c2ccccc2)CC1.CCCN(CCOC)C1CCC(c2cnc3c(c2)c(-c2cnn(C)c2)cn3S(=O)(=O)c2ccccc2)CC1.CCCNCCOC.Cn1cc(-c2cn(S(=O)(=O)c3ccccc3)c3ncc(C4CCC(=O)CC4)cc23)cn1.[B-]OC(C)=O.[Na+]. The fourth-order valence-corrected chi connectivity index (χ4v) is 20.4. The molecular formula is C93H120BN15NaO16S3. The number of hydrogen-bond acceptors (Lipinski definition) is 25. The number of carbonyl (C=O) groups is 4. The number of aromatic nitrogens is 12. The minimum atomic E-state index is -3.81. The number of rotatable bonds is 29. The van der Waals surface area contributed by atoms with Gasteiger partial charge >= 0.3 is 41.5 Å². The molecule has 129 heavy (non-hydrogen) atoms. The Kier molecular flexibility index (Phi) is 39.8. The van der Waals surface area contributed by atoms with Crippen LogP contribution in [0.2, 0.25) is 0 Å². The van der Waals surface area contributed by atoms with Gasteiger partial charge in [-0.15, -0.1) is 0 Å². The van der Waals surface area contributed by atoms with Crippen LogP contribution in [0.3, 0.4) is 0 Å². The maximum atomic E-state index is 13.6. The molecule has 36 heteroatoms. The average molecular weight is 1830 g/mol. The van der Waals surface area contributed by atoms with Crippen LogP contribution in [-0.4, -0.2) is 216 Å². The smallest absolute Gasteiger partial charge is 0.793 e. The average Bonchev–Trinajstić information content (AvgIpc) is 1.61. The number of nitrogens with zero attached hydrogens (tertiary/aromatic N) is 14. The Balaban J connectivity index is 0.000000196. The van der Waals surface area contributed by atoms with Crippen molar-refractivity contribution in [1.82, 2.24) is 71.3 Å². The number of hydrogen-bond donors (Lipinski definition) is 1. The summed E-state index contributed by atoms with van der Waals surface area (Å²) in [5.41, 5.74) is 9.65. The van der Waals surface area contributed by atoms with E-state index >= 15 is 0 Å². The second-order valence-corrected chi connectivity index (χ2v) is 37.4. The van der Waals surface area contributed by atoms with E-state index in [2.05, 4.69) is 90.8 Å². The van der Waals surface area contributed by atoms with E-state index in [1.165, 1.54) is 36.4 Å². The molecule has 3 aliphatic carbocycles. The molecule has 12 aromatic rings. The Morgan fingerprint density at radius 1 is 0.426 bits per heavy atom. The molecule has 0 aliphatic heterocycles. The number of nitrogens with one attached hydrogen (secondary N) is 1. The van der Waals surface area contributed by atoms with Gasteiger partial charge in [-0.3, -0.25) is 33.4 Å². The molecule has 0 spiro atoms. The monoisotopic (exact) mass is 1830 g/mol. The first kappa shape index (κ1) is 103. The third kappa shape index (κ3) is 27.6. The number of fused-ring (bicyclic) bond motifs is 3. The zero-order valence-electron chi connectivity index (χ0n) is 76.3. The van der Waals surface area contributed by atoms with Gasteiger partial charge in [-0.2, -0.15) is 15.3 Å². The van der Waals surface area contributed by atoms with Crippen LogP contribution in [0.1, 0.15) is 172 Å². The molecule has 685 valence electrons. The van der Waals surface area contributed by atoms with Gasteiger partial charge in [-0.25, -0.2) is 71.5 Å². The Morgan fingerprint density at radius 3 is 1.00 bits per heavy atom. The molecule has 3 aromatic carbocycles. The fraction of sp³-hybridized carbons (Fsp3) is 0.441. The number of aryl methyl sites for hydroxylation is 3. The van der Waals surface area contributed by atoms with E-state index in [4.69, 9.17) is 24.2 Å². The standard InChI is InChI=1S/2C29H37N5O3S.C23H22N4O3S.C6H15NO.C4H6O4.C2H3BO2.Na/c2*1-4-14-33(15-16-37-3)25-12-10-22(11-13-25)23-17-27-28(24-19-31-32(2)20-24)21-34(29(27)30-18-23)38(35,36)26-8-6-5-7-9-26;1-26-14-18(13-25-26)22-15-27(31(29,30)20-5-3-2-4-6-20)23-21(22)11-17(12-24-23)16-7-9-19(28)10-8-16;1-3-4-7-5-6-8-2;1-3(5)7-8-4(2)6;1-2(4)5-3;/h2*5-9,17-22,25H,4,10-16H2,1-3H3;2-6,11-16H,7-10H2,1H3;7H,3-6H2,1-2H3;1-2H3;1H3;/q;;;;;-1;+1. The first-order valence-electron chi connectivity index (χ1n) is 43.4. The molecule has 0 amide bonds. The number of ketones is 1. The van der Waals surface area contributed by atoms with E-state index in [0.29, 0.717) is 59.5 Å². The van der Waals surface area contributed by atoms with E-state index in [0.717, 1.165) is 205 Å². The van der Waals surface area contributed by atoms with Gasteiger partial charge in [0, 0.05) is 213 Å². The molecule has 3 saturated carbocycles. The van der Waals surface area contributed by atoms with Gasteiger partial charge in [-0.1, -0.05) is 75.4 Å². The summed E-state index contributed by atoms with van der Waals surface area (Å²) >= 11 is 0. The molecular weight excluding hydrogens is 1710 g/mol. The summed E-state index contributed by atoms with van der Waals surface area (Å²) in [4.78, 5) is 68.4. The molecule has 9 aromatic heterocycles. The molecule has 3 radical (unpaired) electrons. The van der Waals surface area contributed by atoms with Crippen molar-refractivity contribution in [2.75, 3.05) is 80.4 Å². The van der Waals surface area contributed by atoms with Crippen LogP contribution in [0.15, 0.2) is 198 Å².